The van der Waals surface area contributed by atoms with E-state index in [0.29, 0.717) is 40.8 Å². The molecule has 2 saturated carbocycles. The van der Waals surface area contributed by atoms with Gasteiger partial charge < -0.3 is 19.4 Å². The summed E-state index contributed by atoms with van der Waals surface area (Å²) in [6.07, 6.45) is 5.20. The number of ether oxygens (including phenoxy) is 1. The Kier molecular flexibility index (Phi) is 6.88. The van der Waals surface area contributed by atoms with Gasteiger partial charge in [-0.15, -0.1) is 13.2 Å². The number of halogens is 3. The summed E-state index contributed by atoms with van der Waals surface area (Å²) in [5.74, 6) is 2.12. The zero-order valence-corrected chi connectivity index (χ0v) is 21.5. The van der Waals surface area contributed by atoms with Crippen LogP contribution >= 0.6 is 0 Å². The Bertz CT molecular complexity index is 1320. The average molecular weight is 537 g/mol. The minimum Gasteiger partial charge on any atom is -0.424 e. The van der Waals surface area contributed by atoms with Crippen LogP contribution in [0, 0.1) is 29.1 Å². The molecule has 1 aliphatic heterocycles. The molecule has 3 aromatic rings. The largest absolute Gasteiger partial charge is 0.573 e. The van der Waals surface area contributed by atoms with Gasteiger partial charge in [-0.05, 0) is 98.4 Å². The molecule has 3 fully saturated rings. The van der Waals surface area contributed by atoms with E-state index in [9.17, 15) is 13.2 Å². The maximum absolute atomic E-state index is 12.4. The molecule has 0 amide bonds. The molecule has 39 heavy (non-hydrogen) atoms. The van der Waals surface area contributed by atoms with Crippen LogP contribution in [0.4, 0.5) is 24.9 Å². The van der Waals surface area contributed by atoms with E-state index in [0.717, 1.165) is 25.3 Å². The average Bonchev–Trinajstić information content (AvgIpc) is 3.66. The Balaban J connectivity index is 1.10. The summed E-state index contributed by atoms with van der Waals surface area (Å²) in [6, 6.07) is 17.1. The minimum atomic E-state index is -4.72. The van der Waals surface area contributed by atoms with E-state index >= 15 is 0 Å². The van der Waals surface area contributed by atoms with Crippen LogP contribution in [0.3, 0.4) is 0 Å². The van der Waals surface area contributed by atoms with Crippen LogP contribution in [-0.4, -0.2) is 30.0 Å². The lowest BCUT2D eigenvalue weighted by Gasteiger charge is -2.39. The second-order valence-electron chi connectivity index (χ2n) is 11.1. The zero-order valence-electron chi connectivity index (χ0n) is 21.5. The maximum atomic E-state index is 12.4. The number of benzene rings is 2. The van der Waals surface area contributed by atoms with Gasteiger partial charge in [-0.1, -0.05) is 12.8 Å². The summed E-state index contributed by atoms with van der Waals surface area (Å²) < 4.78 is 47.2. The van der Waals surface area contributed by atoms with E-state index in [1.54, 1.807) is 6.20 Å². The predicted octanol–water partition coefficient (Wildman–Crippen LogP) is 7.39. The SMILES string of the molecule is N#Cc1ccc(N2C[C@@H]3CC(C[C@@H]4CCCC[C@H]4Nc4ncc(-c5ccc(OC(F)(F)F)cc5)o4)[C@H]2C3)cc1. The van der Waals surface area contributed by atoms with Crippen molar-refractivity contribution in [3.05, 3.63) is 60.3 Å². The third-order valence-electron chi connectivity index (χ3n) is 8.64. The molecule has 1 N–H and O–H groups in total. The number of nitriles is 1. The molecule has 6 nitrogen and oxygen atoms in total. The van der Waals surface area contributed by atoms with Gasteiger partial charge in [-0.3, -0.25) is 0 Å². The lowest BCUT2D eigenvalue weighted by atomic mass is 9.77. The molecule has 204 valence electrons. The number of nitrogens with one attached hydrogen (secondary N) is 1. The summed E-state index contributed by atoms with van der Waals surface area (Å²) in [7, 11) is 0. The topological polar surface area (TPSA) is 74.3 Å². The number of fused-ring (bicyclic) bond motifs is 2. The summed E-state index contributed by atoms with van der Waals surface area (Å²) in [5.41, 5.74) is 2.54. The Morgan fingerprint density at radius 1 is 1.03 bits per heavy atom. The van der Waals surface area contributed by atoms with Gasteiger partial charge in [-0.2, -0.15) is 5.26 Å². The van der Waals surface area contributed by atoms with E-state index in [1.165, 1.54) is 62.1 Å². The first-order valence-corrected chi connectivity index (χ1v) is 13.7. The second-order valence-corrected chi connectivity index (χ2v) is 11.1. The molecule has 0 radical (unpaired) electrons. The number of alkyl halides is 3. The normalized spacial score (nSPS) is 26.4. The highest BCUT2D eigenvalue weighted by Gasteiger charge is 2.46. The van der Waals surface area contributed by atoms with Gasteiger partial charge in [0.2, 0.25) is 0 Å². The molecule has 0 spiro atoms. The predicted molar refractivity (Wildman–Crippen MR) is 141 cm³/mol. The zero-order chi connectivity index (χ0) is 27.0. The standard InChI is InChI=1S/C30H31F3N4O2/c31-30(32,33)39-25-11-7-21(8-12-25)28-17-35-29(38-28)36-26-4-2-1-3-22(26)15-23-13-20-14-27(23)37(18-20)24-9-5-19(16-34)6-10-24/h5-12,17,20,22-23,26-27H,1-4,13-15,18H2,(H,35,36)/t20-,22+,23?,26-,27-/m1/s1. The number of aromatic nitrogens is 1. The van der Waals surface area contributed by atoms with Crippen LogP contribution in [0.25, 0.3) is 11.3 Å². The highest BCUT2D eigenvalue weighted by molar-refractivity contribution is 5.58. The van der Waals surface area contributed by atoms with Gasteiger partial charge in [0.05, 0.1) is 17.8 Å². The van der Waals surface area contributed by atoms with Crippen molar-refractivity contribution in [3.63, 3.8) is 0 Å². The number of rotatable bonds is 7. The monoisotopic (exact) mass is 536 g/mol. The Morgan fingerprint density at radius 3 is 2.51 bits per heavy atom. The Hall–Kier alpha value is -3.67. The lowest BCUT2D eigenvalue weighted by Crippen LogP contribution is -2.41. The smallest absolute Gasteiger partial charge is 0.424 e. The summed E-state index contributed by atoms with van der Waals surface area (Å²) >= 11 is 0. The summed E-state index contributed by atoms with van der Waals surface area (Å²) in [4.78, 5) is 6.97. The molecule has 1 aromatic heterocycles. The number of oxazole rings is 1. The molecule has 2 bridgehead atoms. The third kappa shape index (κ3) is 5.70. The Labute approximate surface area is 225 Å². The molecule has 2 heterocycles. The van der Waals surface area contributed by atoms with Crippen LogP contribution in [0.5, 0.6) is 5.75 Å². The first-order chi connectivity index (χ1) is 18.8. The number of hydrogen-bond donors (Lipinski definition) is 1. The van der Waals surface area contributed by atoms with Crippen LogP contribution in [0.2, 0.25) is 0 Å². The van der Waals surface area contributed by atoms with Crippen molar-refractivity contribution in [2.45, 2.75) is 63.4 Å². The quantitative estimate of drug-likeness (QED) is 0.339. The van der Waals surface area contributed by atoms with E-state index in [-0.39, 0.29) is 11.8 Å². The van der Waals surface area contributed by atoms with E-state index in [2.05, 4.69) is 38.1 Å². The van der Waals surface area contributed by atoms with Crippen molar-refractivity contribution < 1.29 is 22.3 Å². The molecular weight excluding hydrogens is 505 g/mol. The van der Waals surface area contributed by atoms with Crippen LogP contribution in [-0.2, 0) is 0 Å². The van der Waals surface area contributed by atoms with Crippen molar-refractivity contribution in [2.24, 2.45) is 17.8 Å². The molecular formula is C30H31F3N4O2. The van der Waals surface area contributed by atoms with E-state index < -0.39 is 6.36 Å². The van der Waals surface area contributed by atoms with Gasteiger partial charge >= 0.3 is 6.36 Å². The molecule has 6 rings (SSSR count). The lowest BCUT2D eigenvalue weighted by molar-refractivity contribution is -0.274. The fourth-order valence-electron chi connectivity index (χ4n) is 6.96. The Morgan fingerprint density at radius 2 is 1.79 bits per heavy atom. The number of nitrogens with zero attached hydrogens (tertiary/aromatic N) is 3. The number of piperidine rings is 1. The van der Waals surface area contributed by atoms with Crippen molar-refractivity contribution in [3.8, 4) is 23.1 Å². The van der Waals surface area contributed by atoms with Gasteiger partial charge in [0, 0.05) is 29.9 Å². The molecule has 2 aromatic carbocycles. The maximum Gasteiger partial charge on any atom is 0.573 e. The highest BCUT2D eigenvalue weighted by atomic mass is 19.4. The van der Waals surface area contributed by atoms with Crippen LogP contribution < -0.4 is 15.0 Å². The molecule has 1 unspecified atom stereocenters. The molecule has 9 heteroatoms. The first kappa shape index (κ1) is 25.6. The number of hydrogen-bond acceptors (Lipinski definition) is 6. The van der Waals surface area contributed by atoms with Gasteiger partial charge in [0.1, 0.15) is 5.75 Å². The fraction of sp³-hybridized carbons (Fsp3) is 0.467. The summed E-state index contributed by atoms with van der Waals surface area (Å²) in [6.45, 7) is 1.10. The third-order valence-corrected chi connectivity index (χ3v) is 8.64. The van der Waals surface area contributed by atoms with Crippen molar-refractivity contribution in [2.75, 3.05) is 16.8 Å². The van der Waals surface area contributed by atoms with Crippen molar-refractivity contribution in [1.82, 2.24) is 4.98 Å². The molecule has 5 atom stereocenters. The molecule has 1 saturated heterocycles. The second kappa shape index (κ2) is 10.5. The van der Waals surface area contributed by atoms with Gasteiger partial charge in [0.15, 0.2) is 5.76 Å². The van der Waals surface area contributed by atoms with Crippen LogP contribution in [0.1, 0.15) is 50.5 Å². The minimum absolute atomic E-state index is 0.271. The van der Waals surface area contributed by atoms with E-state index in [1.807, 2.05) is 12.1 Å². The highest BCUT2D eigenvalue weighted by Crippen LogP contribution is 2.48. The number of anilines is 2. The summed E-state index contributed by atoms with van der Waals surface area (Å²) in [5, 5.41) is 12.7. The van der Waals surface area contributed by atoms with Gasteiger partial charge in [-0.25, -0.2) is 4.98 Å². The van der Waals surface area contributed by atoms with Crippen molar-refractivity contribution >= 4 is 11.7 Å². The molecule has 3 aliphatic rings. The van der Waals surface area contributed by atoms with Crippen molar-refractivity contribution in [1.29, 1.82) is 5.26 Å². The fourth-order valence-corrected chi connectivity index (χ4v) is 6.96. The van der Waals surface area contributed by atoms with Crippen LogP contribution in [0.15, 0.2) is 59.1 Å². The van der Waals surface area contributed by atoms with Gasteiger partial charge in [0.25, 0.3) is 6.01 Å². The molecule has 2 aliphatic carbocycles. The first-order valence-electron chi connectivity index (χ1n) is 13.7. The van der Waals surface area contributed by atoms with E-state index in [4.69, 9.17) is 9.68 Å².